The lowest BCUT2D eigenvalue weighted by molar-refractivity contribution is -0.140. The van der Waals surface area contributed by atoms with Crippen molar-refractivity contribution in [1.82, 2.24) is 9.80 Å². The first-order valence-corrected chi connectivity index (χ1v) is 6.94. The lowest BCUT2D eigenvalue weighted by atomic mass is 9.86. The molecule has 0 spiro atoms. The number of halogens is 2. The number of carbonyl (C=O) groups is 1. The number of piperazine rings is 1. The summed E-state index contributed by atoms with van der Waals surface area (Å²) in [6, 6.07) is 3.64. The average Bonchev–Trinajstić information content (AvgIpc) is 2.41. The highest BCUT2D eigenvalue weighted by Crippen LogP contribution is 2.33. The van der Waals surface area contributed by atoms with Gasteiger partial charge in [-0.3, -0.25) is 9.69 Å². The zero-order chi connectivity index (χ0) is 15.6. The fourth-order valence-electron chi connectivity index (χ4n) is 2.82. The second-order valence-electron chi connectivity index (χ2n) is 5.76. The molecule has 6 heteroatoms. The van der Waals surface area contributed by atoms with Gasteiger partial charge in [-0.05, 0) is 31.7 Å². The highest BCUT2D eigenvalue weighted by Gasteiger charge is 2.37. The van der Waals surface area contributed by atoms with E-state index in [4.69, 9.17) is 0 Å². The number of benzene rings is 1. The van der Waals surface area contributed by atoms with Crippen molar-refractivity contribution in [3.63, 3.8) is 0 Å². The summed E-state index contributed by atoms with van der Waals surface area (Å²) in [7, 11) is 2.00. The van der Waals surface area contributed by atoms with Crippen molar-refractivity contribution in [3.8, 4) is 0 Å². The molecule has 4 nitrogen and oxygen atoms in total. The van der Waals surface area contributed by atoms with Crippen LogP contribution in [-0.4, -0.2) is 54.1 Å². The quantitative estimate of drug-likeness (QED) is 0.922. The molecule has 0 aromatic heterocycles. The second kappa shape index (κ2) is 6.07. The minimum absolute atomic E-state index is 0.151. The summed E-state index contributed by atoms with van der Waals surface area (Å²) < 4.78 is 26.7. The summed E-state index contributed by atoms with van der Waals surface area (Å²) in [6.45, 7) is 4.80. The number of carboxylic acid groups (broad SMARTS) is 1. The molecule has 21 heavy (non-hydrogen) atoms. The van der Waals surface area contributed by atoms with Crippen molar-refractivity contribution in [2.75, 3.05) is 33.2 Å². The van der Waals surface area contributed by atoms with Gasteiger partial charge in [-0.15, -0.1) is 0 Å². The molecular weight excluding hydrogens is 278 g/mol. The second-order valence-corrected chi connectivity index (χ2v) is 5.76. The summed E-state index contributed by atoms with van der Waals surface area (Å²) in [6.07, 6.45) is -0.151. The Kier molecular flexibility index (Phi) is 4.58. The molecular formula is C15H20F2N2O2. The van der Waals surface area contributed by atoms with Gasteiger partial charge in [0.2, 0.25) is 0 Å². The summed E-state index contributed by atoms with van der Waals surface area (Å²) in [5, 5.41) is 9.21. The molecule has 1 atom stereocenters. The van der Waals surface area contributed by atoms with Crippen LogP contribution in [0.3, 0.4) is 0 Å². The highest BCUT2D eigenvalue weighted by atomic mass is 19.2. The Labute approximate surface area is 123 Å². The van der Waals surface area contributed by atoms with Gasteiger partial charge < -0.3 is 10.0 Å². The van der Waals surface area contributed by atoms with Crippen molar-refractivity contribution >= 4 is 5.97 Å². The molecule has 0 radical (unpaired) electrons. The van der Waals surface area contributed by atoms with Crippen molar-refractivity contribution in [2.45, 2.75) is 18.9 Å². The van der Waals surface area contributed by atoms with Gasteiger partial charge in [0, 0.05) is 26.2 Å². The fraction of sp³-hybridized carbons (Fsp3) is 0.533. The zero-order valence-electron chi connectivity index (χ0n) is 12.3. The molecule has 1 unspecified atom stereocenters. The highest BCUT2D eigenvalue weighted by molar-refractivity contribution is 5.69. The van der Waals surface area contributed by atoms with Crippen LogP contribution < -0.4 is 0 Å². The first-order valence-electron chi connectivity index (χ1n) is 6.94. The van der Waals surface area contributed by atoms with E-state index in [1.807, 2.05) is 11.9 Å². The van der Waals surface area contributed by atoms with Crippen molar-refractivity contribution in [1.29, 1.82) is 0 Å². The van der Waals surface area contributed by atoms with Crippen LogP contribution >= 0.6 is 0 Å². The number of nitrogens with zero attached hydrogens (tertiary/aromatic N) is 2. The maximum absolute atomic E-state index is 13.5. The van der Waals surface area contributed by atoms with Gasteiger partial charge in [-0.2, -0.15) is 0 Å². The summed E-state index contributed by atoms with van der Waals surface area (Å²) >= 11 is 0. The van der Waals surface area contributed by atoms with E-state index in [-0.39, 0.29) is 6.42 Å². The predicted octanol–water partition coefficient (Wildman–Crippen LogP) is 1.90. The van der Waals surface area contributed by atoms with E-state index in [2.05, 4.69) is 4.90 Å². The van der Waals surface area contributed by atoms with E-state index in [1.54, 1.807) is 6.92 Å². The molecule has 2 rings (SSSR count). The SMILES string of the molecule is CN1CCN(C(C)(CC(=O)O)c2ccc(F)c(F)c2)CC1. The predicted molar refractivity (Wildman–Crippen MR) is 75.0 cm³/mol. The van der Waals surface area contributed by atoms with Crippen molar-refractivity contribution in [3.05, 3.63) is 35.4 Å². The first-order chi connectivity index (χ1) is 9.83. The van der Waals surface area contributed by atoms with Crippen LogP contribution in [0.25, 0.3) is 0 Å². The van der Waals surface area contributed by atoms with Crippen LogP contribution in [0, 0.1) is 11.6 Å². The van der Waals surface area contributed by atoms with Crippen LogP contribution in [-0.2, 0) is 10.3 Å². The Balaban J connectivity index is 2.35. The maximum Gasteiger partial charge on any atom is 0.305 e. The monoisotopic (exact) mass is 298 g/mol. The average molecular weight is 298 g/mol. The molecule has 1 aliphatic heterocycles. The third kappa shape index (κ3) is 3.39. The minimum Gasteiger partial charge on any atom is -0.481 e. The van der Waals surface area contributed by atoms with E-state index < -0.39 is 23.1 Å². The molecule has 1 aromatic carbocycles. The molecule has 0 saturated carbocycles. The van der Waals surface area contributed by atoms with E-state index >= 15 is 0 Å². The van der Waals surface area contributed by atoms with Gasteiger partial charge in [0.1, 0.15) is 0 Å². The topological polar surface area (TPSA) is 43.8 Å². The molecule has 1 N–H and O–H groups in total. The molecule has 116 valence electrons. The zero-order valence-corrected chi connectivity index (χ0v) is 12.3. The standard InChI is InChI=1S/C15H20F2N2O2/c1-15(10-14(20)21,19-7-5-18(2)6-8-19)11-3-4-12(16)13(17)9-11/h3-4,9H,5-8,10H2,1-2H3,(H,20,21). The summed E-state index contributed by atoms with van der Waals surface area (Å²) in [5.41, 5.74) is -0.352. The number of aliphatic carboxylic acids is 1. The van der Waals surface area contributed by atoms with Gasteiger partial charge >= 0.3 is 5.97 Å². The first kappa shape index (κ1) is 15.9. The molecule has 0 bridgehead atoms. The van der Waals surface area contributed by atoms with Crippen LogP contribution in [0.1, 0.15) is 18.9 Å². The molecule has 1 aliphatic rings. The molecule has 1 aromatic rings. The molecule has 0 aliphatic carbocycles. The lowest BCUT2D eigenvalue weighted by Gasteiger charge is -2.45. The number of hydrogen-bond donors (Lipinski definition) is 1. The van der Waals surface area contributed by atoms with Crippen LogP contribution in [0.15, 0.2) is 18.2 Å². The van der Waals surface area contributed by atoms with Crippen LogP contribution in [0.4, 0.5) is 8.78 Å². The Morgan fingerprint density at radius 1 is 1.24 bits per heavy atom. The Bertz CT molecular complexity index is 530. The molecule has 0 amide bonds. The number of carboxylic acids is 1. The number of rotatable bonds is 4. The number of likely N-dealkylation sites (N-methyl/N-ethyl adjacent to an activating group) is 1. The Hall–Kier alpha value is -1.53. The van der Waals surface area contributed by atoms with Crippen molar-refractivity contribution < 1.29 is 18.7 Å². The normalized spacial score (nSPS) is 20.2. The van der Waals surface area contributed by atoms with Gasteiger partial charge in [0.25, 0.3) is 0 Å². The summed E-state index contributed by atoms with van der Waals surface area (Å²) in [5.74, 6) is -2.82. The smallest absolute Gasteiger partial charge is 0.305 e. The van der Waals surface area contributed by atoms with E-state index in [0.717, 1.165) is 25.2 Å². The van der Waals surface area contributed by atoms with Gasteiger partial charge in [0.15, 0.2) is 11.6 Å². The third-order valence-electron chi connectivity index (χ3n) is 4.24. The van der Waals surface area contributed by atoms with E-state index in [0.29, 0.717) is 18.7 Å². The Morgan fingerprint density at radius 2 is 1.86 bits per heavy atom. The van der Waals surface area contributed by atoms with Crippen LogP contribution in [0.5, 0.6) is 0 Å². The number of hydrogen-bond acceptors (Lipinski definition) is 3. The van der Waals surface area contributed by atoms with E-state index in [1.165, 1.54) is 6.07 Å². The third-order valence-corrected chi connectivity index (χ3v) is 4.24. The van der Waals surface area contributed by atoms with Gasteiger partial charge in [0.05, 0.1) is 12.0 Å². The largest absolute Gasteiger partial charge is 0.481 e. The van der Waals surface area contributed by atoms with E-state index in [9.17, 15) is 18.7 Å². The Morgan fingerprint density at radius 3 is 2.38 bits per heavy atom. The maximum atomic E-state index is 13.5. The van der Waals surface area contributed by atoms with Crippen molar-refractivity contribution in [2.24, 2.45) is 0 Å². The van der Waals surface area contributed by atoms with Gasteiger partial charge in [-0.25, -0.2) is 8.78 Å². The molecule has 1 saturated heterocycles. The summed E-state index contributed by atoms with van der Waals surface area (Å²) in [4.78, 5) is 15.4. The lowest BCUT2D eigenvalue weighted by Crippen LogP contribution is -2.54. The molecule has 1 heterocycles. The fourth-order valence-corrected chi connectivity index (χ4v) is 2.82. The van der Waals surface area contributed by atoms with Gasteiger partial charge in [-0.1, -0.05) is 6.07 Å². The minimum atomic E-state index is -0.957. The molecule has 1 fully saturated rings. The van der Waals surface area contributed by atoms with Crippen LogP contribution in [0.2, 0.25) is 0 Å².